The smallest absolute Gasteiger partial charge is 0.462 e. The minimum atomic E-state index is -4.28. The summed E-state index contributed by atoms with van der Waals surface area (Å²) in [5, 5.41) is 0. The number of allylic oxidation sites excluding steroid dienone is 10. The molecule has 0 bridgehead atoms. The predicted octanol–water partition coefficient (Wildman–Crippen LogP) is 10.8. The van der Waals surface area contributed by atoms with Gasteiger partial charge in [-0.3, -0.25) is 18.6 Å². The molecule has 47 heavy (non-hydrogen) atoms. The average molecular weight is 681 g/mol. The third-order valence-electron chi connectivity index (χ3n) is 7.26. The van der Waals surface area contributed by atoms with Gasteiger partial charge in [0.1, 0.15) is 6.61 Å². The largest absolute Gasteiger partial charge is 0.472 e. The van der Waals surface area contributed by atoms with E-state index in [4.69, 9.17) is 14.0 Å². The molecule has 0 saturated carbocycles. The van der Waals surface area contributed by atoms with Crippen LogP contribution in [0.15, 0.2) is 60.8 Å². The molecule has 0 aliphatic carbocycles. The molecule has 270 valence electrons. The Labute approximate surface area is 286 Å². The van der Waals surface area contributed by atoms with Crippen molar-refractivity contribution in [2.24, 2.45) is 0 Å². The van der Waals surface area contributed by atoms with E-state index in [1.165, 1.54) is 44.9 Å². The van der Waals surface area contributed by atoms with Crippen molar-refractivity contribution in [2.45, 2.75) is 148 Å². The first-order valence-electron chi connectivity index (χ1n) is 18.0. The van der Waals surface area contributed by atoms with Crippen LogP contribution in [0.1, 0.15) is 142 Å². The summed E-state index contributed by atoms with van der Waals surface area (Å²) in [6.07, 6.45) is 40.0. The van der Waals surface area contributed by atoms with Gasteiger partial charge in [0, 0.05) is 20.0 Å². The molecule has 0 aliphatic rings. The number of rotatable bonds is 32. The Kier molecular flexibility index (Phi) is 32.0. The molecule has 0 amide bonds. The first-order chi connectivity index (χ1) is 22.8. The van der Waals surface area contributed by atoms with E-state index in [0.717, 1.165) is 71.3 Å². The van der Waals surface area contributed by atoms with Gasteiger partial charge in [0.15, 0.2) is 6.10 Å². The van der Waals surface area contributed by atoms with Crippen LogP contribution in [0.25, 0.3) is 0 Å². The monoisotopic (exact) mass is 680 g/mol. The molecule has 9 heteroatoms. The molecule has 0 fully saturated rings. The summed E-state index contributed by atoms with van der Waals surface area (Å²) in [4.78, 5) is 34.2. The van der Waals surface area contributed by atoms with Gasteiger partial charge in [0.25, 0.3) is 0 Å². The summed E-state index contributed by atoms with van der Waals surface area (Å²) in [6, 6.07) is 0. The van der Waals surface area contributed by atoms with Crippen molar-refractivity contribution < 1.29 is 37.6 Å². The molecule has 0 heterocycles. The lowest BCUT2D eigenvalue weighted by atomic mass is 10.1. The number of hydrogen-bond acceptors (Lipinski definition) is 7. The standard InChI is InChI=1S/C38H65O8P/c1-4-6-8-10-12-14-16-18-19-21-22-24-26-28-30-32-37(39)44-34-36(35-45-47(41,42)43-3)46-38(40)33-31-29-27-25-23-20-17-15-13-11-9-7-5-2/h7,9,13,15,18-20,23,27,29,36H,4-6,8,10-12,14,16-17,21-22,24-26,28,30-35H2,1-3H3,(H,41,42)/b9-7-,15-13-,19-18-,23-20-,29-27-. The van der Waals surface area contributed by atoms with Gasteiger partial charge in [0.2, 0.25) is 0 Å². The van der Waals surface area contributed by atoms with Crippen LogP contribution in [0, 0.1) is 0 Å². The van der Waals surface area contributed by atoms with E-state index < -0.39 is 32.5 Å². The number of phosphoric ester groups is 1. The third-order valence-corrected chi connectivity index (χ3v) is 8.20. The minimum Gasteiger partial charge on any atom is -0.462 e. The molecule has 0 radical (unpaired) electrons. The van der Waals surface area contributed by atoms with Crippen LogP contribution < -0.4 is 0 Å². The Bertz CT molecular complexity index is 953. The van der Waals surface area contributed by atoms with Crippen molar-refractivity contribution in [1.82, 2.24) is 0 Å². The molecule has 2 atom stereocenters. The summed E-state index contributed by atoms with van der Waals surface area (Å²) in [5.74, 6) is -0.915. The summed E-state index contributed by atoms with van der Waals surface area (Å²) < 4.78 is 31.7. The van der Waals surface area contributed by atoms with Gasteiger partial charge >= 0.3 is 19.8 Å². The van der Waals surface area contributed by atoms with Crippen LogP contribution in [0.4, 0.5) is 0 Å². The second-order valence-corrected chi connectivity index (χ2v) is 13.2. The lowest BCUT2D eigenvalue weighted by molar-refractivity contribution is -0.161. The van der Waals surface area contributed by atoms with Crippen molar-refractivity contribution in [3.63, 3.8) is 0 Å². The van der Waals surface area contributed by atoms with E-state index in [2.05, 4.69) is 67.0 Å². The fourth-order valence-corrected chi connectivity index (χ4v) is 4.95. The van der Waals surface area contributed by atoms with E-state index in [-0.39, 0.29) is 19.4 Å². The molecule has 0 aromatic carbocycles. The number of unbranched alkanes of at least 4 members (excludes halogenated alkanes) is 11. The molecule has 0 saturated heterocycles. The van der Waals surface area contributed by atoms with Crippen LogP contribution in [-0.4, -0.2) is 43.3 Å². The highest BCUT2D eigenvalue weighted by Gasteiger charge is 2.24. The van der Waals surface area contributed by atoms with Crippen LogP contribution in [0.3, 0.4) is 0 Å². The lowest BCUT2D eigenvalue weighted by Crippen LogP contribution is -2.29. The topological polar surface area (TPSA) is 108 Å². The summed E-state index contributed by atoms with van der Waals surface area (Å²) in [5.41, 5.74) is 0. The second-order valence-electron chi connectivity index (χ2n) is 11.6. The normalized spacial score (nSPS) is 14.2. The Morgan fingerprint density at radius 3 is 1.70 bits per heavy atom. The molecule has 8 nitrogen and oxygen atoms in total. The van der Waals surface area contributed by atoms with Crippen LogP contribution in [0.2, 0.25) is 0 Å². The third kappa shape index (κ3) is 33.4. The molecular formula is C38H65O8P. The Balaban J connectivity index is 4.21. The van der Waals surface area contributed by atoms with E-state index in [9.17, 15) is 19.0 Å². The van der Waals surface area contributed by atoms with Gasteiger partial charge in [-0.05, 0) is 64.2 Å². The highest BCUT2D eigenvalue weighted by atomic mass is 31.2. The highest BCUT2D eigenvalue weighted by Crippen LogP contribution is 2.42. The Morgan fingerprint density at radius 2 is 1.13 bits per heavy atom. The van der Waals surface area contributed by atoms with Gasteiger partial charge in [-0.15, -0.1) is 0 Å². The van der Waals surface area contributed by atoms with Crippen molar-refractivity contribution in [3.8, 4) is 0 Å². The summed E-state index contributed by atoms with van der Waals surface area (Å²) in [6.45, 7) is 3.67. The van der Waals surface area contributed by atoms with Gasteiger partial charge < -0.3 is 14.4 Å². The maximum Gasteiger partial charge on any atom is 0.472 e. The zero-order valence-electron chi connectivity index (χ0n) is 29.7. The first kappa shape index (κ1) is 44.8. The molecule has 0 rings (SSSR count). The van der Waals surface area contributed by atoms with Gasteiger partial charge in [-0.1, -0.05) is 126 Å². The van der Waals surface area contributed by atoms with Gasteiger partial charge in [0.05, 0.1) is 6.61 Å². The quantitative estimate of drug-likeness (QED) is 0.0324. The molecule has 0 aromatic heterocycles. The molecule has 0 spiro atoms. The Hall–Kier alpha value is -2.25. The van der Waals surface area contributed by atoms with Gasteiger partial charge in [-0.2, -0.15) is 0 Å². The van der Waals surface area contributed by atoms with E-state index in [1.807, 2.05) is 12.2 Å². The predicted molar refractivity (Wildman–Crippen MR) is 193 cm³/mol. The van der Waals surface area contributed by atoms with Crippen LogP contribution in [-0.2, 0) is 32.7 Å². The number of hydrogen-bond donors (Lipinski definition) is 1. The second kappa shape index (κ2) is 33.6. The van der Waals surface area contributed by atoms with E-state index >= 15 is 0 Å². The minimum absolute atomic E-state index is 0.120. The average Bonchev–Trinajstić information content (AvgIpc) is 3.06. The van der Waals surface area contributed by atoms with Crippen LogP contribution >= 0.6 is 7.82 Å². The molecule has 0 aromatic rings. The molecule has 2 unspecified atom stereocenters. The van der Waals surface area contributed by atoms with Gasteiger partial charge in [-0.25, -0.2) is 4.57 Å². The number of phosphoric acid groups is 1. The first-order valence-corrected chi connectivity index (χ1v) is 19.5. The van der Waals surface area contributed by atoms with Crippen molar-refractivity contribution >= 4 is 19.8 Å². The zero-order chi connectivity index (χ0) is 34.7. The maximum atomic E-state index is 12.4. The lowest BCUT2D eigenvalue weighted by Gasteiger charge is -2.19. The van der Waals surface area contributed by atoms with Crippen molar-refractivity contribution in [3.05, 3.63) is 60.8 Å². The van der Waals surface area contributed by atoms with E-state index in [0.29, 0.717) is 6.42 Å². The van der Waals surface area contributed by atoms with E-state index in [1.54, 1.807) is 0 Å². The van der Waals surface area contributed by atoms with Crippen molar-refractivity contribution in [2.75, 3.05) is 20.3 Å². The maximum absolute atomic E-state index is 12.4. The van der Waals surface area contributed by atoms with Crippen LogP contribution in [0.5, 0.6) is 0 Å². The number of carbonyl (C=O) groups is 2. The number of carbonyl (C=O) groups excluding carboxylic acids is 2. The SMILES string of the molecule is CC/C=C\C/C=C\C/C=C\C/C=C\CCC(=O)OC(COC(=O)CCCCCCC/C=C\CCCCCCCC)COP(=O)(O)OC. The fraction of sp³-hybridized carbons (Fsp3) is 0.684. The zero-order valence-corrected chi connectivity index (χ0v) is 30.6. The molecule has 0 aliphatic heterocycles. The highest BCUT2D eigenvalue weighted by molar-refractivity contribution is 7.47. The number of esters is 2. The summed E-state index contributed by atoms with van der Waals surface area (Å²) >= 11 is 0. The fourth-order valence-electron chi connectivity index (χ4n) is 4.49. The molecule has 1 N–H and O–H groups in total. The molecular weight excluding hydrogens is 615 g/mol. The summed E-state index contributed by atoms with van der Waals surface area (Å²) in [7, 11) is -3.23. The Morgan fingerprint density at radius 1 is 0.617 bits per heavy atom. The van der Waals surface area contributed by atoms with Crippen molar-refractivity contribution in [1.29, 1.82) is 0 Å². The number of ether oxygens (including phenoxy) is 2.